The second kappa shape index (κ2) is 5.94. The van der Waals surface area contributed by atoms with Gasteiger partial charge in [-0.15, -0.1) is 0 Å². The summed E-state index contributed by atoms with van der Waals surface area (Å²) < 4.78 is 0. The van der Waals surface area contributed by atoms with Crippen LogP contribution in [0.25, 0.3) is 11.4 Å². The number of benzene rings is 1. The van der Waals surface area contributed by atoms with Crippen molar-refractivity contribution in [3.05, 3.63) is 46.8 Å². The van der Waals surface area contributed by atoms with Gasteiger partial charge in [-0.05, 0) is 36.4 Å². The third-order valence-corrected chi connectivity index (χ3v) is 4.14. The van der Waals surface area contributed by atoms with E-state index in [0.29, 0.717) is 5.92 Å². The normalized spacial score (nSPS) is 14.3. The lowest BCUT2D eigenvalue weighted by Gasteiger charge is -2.21. The van der Waals surface area contributed by atoms with E-state index in [1.165, 1.54) is 22.5 Å². The van der Waals surface area contributed by atoms with Gasteiger partial charge in [0, 0.05) is 12.1 Å². The lowest BCUT2D eigenvalue weighted by molar-refractivity contribution is 0.609. The lowest BCUT2D eigenvalue weighted by Crippen LogP contribution is -2.27. The fourth-order valence-electron chi connectivity index (χ4n) is 2.88. The number of nitrogens with zero attached hydrogens (tertiary/aromatic N) is 2. The number of hydrogen-bond donors (Lipinski definition) is 1. The smallest absolute Gasteiger partial charge is 0.159 e. The topological polar surface area (TPSA) is 37.8 Å². The highest BCUT2D eigenvalue weighted by molar-refractivity contribution is 5.56. The van der Waals surface area contributed by atoms with E-state index in [1.54, 1.807) is 0 Å². The number of nitrogens with one attached hydrogen (secondary N) is 1. The molecular formula is C18H23N3. The van der Waals surface area contributed by atoms with E-state index in [9.17, 15) is 0 Å². The summed E-state index contributed by atoms with van der Waals surface area (Å²) in [5.74, 6) is 1.30. The molecule has 3 rings (SSSR count). The third-order valence-electron chi connectivity index (χ3n) is 4.14. The molecule has 3 heteroatoms. The molecule has 110 valence electrons. The molecule has 1 aromatic heterocycles. The first-order chi connectivity index (χ1) is 10.2. The van der Waals surface area contributed by atoms with E-state index in [-0.39, 0.29) is 0 Å². The van der Waals surface area contributed by atoms with Crippen molar-refractivity contribution < 1.29 is 0 Å². The lowest BCUT2D eigenvalue weighted by atomic mass is 9.97. The van der Waals surface area contributed by atoms with Crippen LogP contribution in [0.5, 0.6) is 0 Å². The van der Waals surface area contributed by atoms with Gasteiger partial charge in [0.05, 0.1) is 11.4 Å². The highest BCUT2D eigenvalue weighted by atomic mass is 15.0. The van der Waals surface area contributed by atoms with E-state index < -0.39 is 0 Å². The molecule has 0 radical (unpaired) electrons. The Balaban J connectivity index is 2.07. The van der Waals surface area contributed by atoms with Crippen molar-refractivity contribution in [2.45, 2.75) is 46.1 Å². The van der Waals surface area contributed by atoms with Gasteiger partial charge in [0.15, 0.2) is 5.82 Å². The molecule has 0 amide bonds. The van der Waals surface area contributed by atoms with Crippen LogP contribution in [-0.4, -0.2) is 16.5 Å². The summed E-state index contributed by atoms with van der Waals surface area (Å²) in [6.07, 6.45) is 2.10. The Morgan fingerprint density at radius 3 is 2.57 bits per heavy atom. The van der Waals surface area contributed by atoms with E-state index >= 15 is 0 Å². The van der Waals surface area contributed by atoms with Crippen LogP contribution in [0.2, 0.25) is 0 Å². The summed E-state index contributed by atoms with van der Waals surface area (Å²) in [6.45, 7) is 8.49. The molecule has 2 aromatic rings. The maximum atomic E-state index is 4.87. The van der Waals surface area contributed by atoms with Gasteiger partial charge in [-0.3, -0.25) is 0 Å². The molecule has 1 aliphatic rings. The van der Waals surface area contributed by atoms with E-state index in [4.69, 9.17) is 9.97 Å². The molecule has 0 saturated carbocycles. The first kappa shape index (κ1) is 14.2. The van der Waals surface area contributed by atoms with Gasteiger partial charge in [-0.2, -0.15) is 0 Å². The van der Waals surface area contributed by atoms with Crippen molar-refractivity contribution in [1.29, 1.82) is 0 Å². The molecule has 1 N–H and O–H groups in total. The maximum Gasteiger partial charge on any atom is 0.159 e. The van der Waals surface area contributed by atoms with Gasteiger partial charge in [-0.25, -0.2) is 9.97 Å². The van der Waals surface area contributed by atoms with Crippen LogP contribution in [0.4, 0.5) is 0 Å². The minimum absolute atomic E-state index is 0.438. The molecule has 1 aromatic carbocycles. The number of hydrogen-bond acceptors (Lipinski definition) is 3. The van der Waals surface area contributed by atoms with Crippen LogP contribution >= 0.6 is 0 Å². The van der Waals surface area contributed by atoms with Crippen LogP contribution in [0.3, 0.4) is 0 Å². The van der Waals surface area contributed by atoms with Gasteiger partial charge < -0.3 is 5.32 Å². The van der Waals surface area contributed by atoms with E-state index in [1.807, 2.05) is 0 Å². The highest BCUT2D eigenvalue weighted by Gasteiger charge is 2.19. The summed E-state index contributed by atoms with van der Waals surface area (Å²) in [6, 6.07) is 8.62. The molecule has 0 atom stereocenters. The molecule has 0 bridgehead atoms. The predicted molar refractivity (Wildman–Crippen MR) is 86.3 cm³/mol. The van der Waals surface area contributed by atoms with Crippen LogP contribution in [-0.2, 0) is 19.4 Å². The van der Waals surface area contributed by atoms with Crippen molar-refractivity contribution in [1.82, 2.24) is 15.3 Å². The van der Waals surface area contributed by atoms with E-state index in [0.717, 1.165) is 37.3 Å². The first-order valence-corrected chi connectivity index (χ1v) is 7.88. The van der Waals surface area contributed by atoms with Crippen molar-refractivity contribution >= 4 is 0 Å². The fourth-order valence-corrected chi connectivity index (χ4v) is 2.88. The monoisotopic (exact) mass is 281 g/mol. The number of aryl methyl sites for hydroxylation is 1. The average molecular weight is 281 g/mol. The minimum atomic E-state index is 0.438. The Labute approximate surface area is 126 Å². The standard InChI is InChI=1S/C18H23N3/c1-4-13-5-7-14(8-6-13)18-20-16-11-19-10-9-15(16)17(21-18)12(2)3/h5-8,12,19H,4,9-11H2,1-3H3. The largest absolute Gasteiger partial charge is 0.311 e. The van der Waals surface area contributed by atoms with Gasteiger partial charge in [0.1, 0.15) is 0 Å². The maximum absolute atomic E-state index is 4.87. The van der Waals surface area contributed by atoms with Gasteiger partial charge in [0.25, 0.3) is 0 Å². The number of aromatic nitrogens is 2. The first-order valence-electron chi connectivity index (χ1n) is 7.88. The zero-order valence-electron chi connectivity index (χ0n) is 13.1. The van der Waals surface area contributed by atoms with Gasteiger partial charge >= 0.3 is 0 Å². The third kappa shape index (κ3) is 2.84. The Hall–Kier alpha value is -1.74. The fraction of sp³-hybridized carbons (Fsp3) is 0.444. The van der Waals surface area contributed by atoms with Crippen LogP contribution in [0, 0.1) is 0 Å². The molecular weight excluding hydrogens is 258 g/mol. The summed E-state index contributed by atoms with van der Waals surface area (Å²) in [5, 5.41) is 3.41. The molecule has 0 fully saturated rings. The van der Waals surface area contributed by atoms with Crippen LogP contribution in [0.1, 0.15) is 49.2 Å². The van der Waals surface area contributed by atoms with E-state index in [2.05, 4.69) is 50.4 Å². The Bertz CT molecular complexity index is 630. The molecule has 1 aliphatic heterocycles. The molecule has 21 heavy (non-hydrogen) atoms. The minimum Gasteiger partial charge on any atom is -0.311 e. The molecule has 0 saturated heterocycles. The number of fused-ring (bicyclic) bond motifs is 1. The van der Waals surface area contributed by atoms with Crippen molar-refractivity contribution in [2.24, 2.45) is 0 Å². The molecule has 3 nitrogen and oxygen atoms in total. The highest BCUT2D eigenvalue weighted by Crippen LogP contribution is 2.26. The van der Waals surface area contributed by atoms with Gasteiger partial charge in [-0.1, -0.05) is 45.0 Å². The predicted octanol–water partition coefficient (Wildman–Crippen LogP) is 3.48. The average Bonchev–Trinajstić information content (AvgIpc) is 2.53. The summed E-state index contributed by atoms with van der Waals surface area (Å²) in [7, 11) is 0. The Morgan fingerprint density at radius 1 is 1.14 bits per heavy atom. The second-order valence-electron chi connectivity index (χ2n) is 5.99. The second-order valence-corrected chi connectivity index (χ2v) is 5.99. The molecule has 2 heterocycles. The van der Waals surface area contributed by atoms with Crippen LogP contribution < -0.4 is 5.32 Å². The summed E-state index contributed by atoms with van der Waals surface area (Å²) in [4.78, 5) is 9.68. The zero-order chi connectivity index (χ0) is 14.8. The molecule has 0 unspecified atom stereocenters. The SMILES string of the molecule is CCc1ccc(-c2nc3c(c(C(C)C)n2)CCNC3)cc1. The summed E-state index contributed by atoms with van der Waals surface area (Å²) in [5.41, 5.74) is 6.22. The summed E-state index contributed by atoms with van der Waals surface area (Å²) >= 11 is 0. The number of rotatable bonds is 3. The van der Waals surface area contributed by atoms with Crippen molar-refractivity contribution in [3.63, 3.8) is 0 Å². The molecule has 0 spiro atoms. The van der Waals surface area contributed by atoms with Gasteiger partial charge in [0.2, 0.25) is 0 Å². The van der Waals surface area contributed by atoms with Crippen LogP contribution in [0.15, 0.2) is 24.3 Å². The molecule has 0 aliphatic carbocycles. The van der Waals surface area contributed by atoms with Crippen molar-refractivity contribution in [2.75, 3.05) is 6.54 Å². The zero-order valence-corrected chi connectivity index (χ0v) is 13.1. The Kier molecular flexibility index (Phi) is 4.02. The Morgan fingerprint density at radius 2 is 1.90 bits per heavy atom. The quantitative estimate of drug-likeness (QED) is 0.936. The van der Waals surface area contributed by atoms with Crippen molar-refractivity contribution in [3.8, 4) is 11.4 Å².